The van der Waals surface area contributed by atoms with Gasteiger partial charge in [0.15, 0.2) is 0 Å². The number of rotatable bonds is 4. The van der Waals surface area contributed by atoms with Crippen molar-refractivity contribution in [3.63, 3.8) is 0 Å². The van der Waals surface area contributed by atoms with Crippen molar-refractivity contribution >= 4 is 11.6 Å². The van der Waals surface area contributed by atoms with Gasteiger partial charge in [-0.25, -0.2) is 4.98 Å². The van der Waals surface area contributed by atoms with Crippen molar-refractivity contribution in [1.82, 2.24) is 10.3 Å². The third kappa shape index (κ3) is 3.29. The summed E-state index contributed by atoms with van der Waals surface area (Å²) in [7, 11) is 0. The monoisotopic (exact) mass is 246 g/mol. The van der Waals surface area contributed by atoms with Gasteiger partial charge in [-0.05, 0) is 18.6 Å². The molecule has 1 N–H and O–H groups in total. The first-order valence-electron chi connectivity index (χ1n) is 5.65. The van der Waals surface area contributed by atoms with Gasteiger partial charge in [-0.15, -0.1) is 0 Å². The molecule has 0 spiro atoms. The Bertz CT molecular complexity index is 471. The average molecular weight is 247 g/mol. The van der Waals surface area contributed by atoms with Crippen LogP contribution in [0, 0.1) is 0 Å². The molecule has 0 fully saturated rings. The fourth-order valence-electron chi connectivity index (χ4n) is 1.70. The van der Waals surface area contributed by atoms with E-state index in [2.05, 4.69) is 29.4 Å². The molecule has 0 radical (unpaired) electrons. The van der Waals surface area contributed by atoms with Crippen molar-refractivity contribution < 1.29 is 0 Å². The summed E-state index contributed by atoms with van der Waals surface area (Å²) in [4.78, 5) is 4.08. The fraction of sp³-hybridized carbons (Fsp3) is 0.214. The SMILES string of the molecule is C[C@@H](NCc1ccccc1)c1cccnc1Cl. The van der Waals surface area contributed by atoms with E-state index < -0.39 is 0 Å². The van der Waals surface area contributed by atoms with Crippen LogP contribution in [0.15, 0.2) is 48.7 Å². The lowest BCUT2D eigenvalue weighted by atomic mass is 10.1. The van der Waals surface area contributed by atoms with E-state index >= 15 is 0 Å². The Morgan fingerprint density at radius 2 is 1.94 bits per heavy atom. The van der Waals surface area contributed by atoms with Gasteiger partial charge in [0, 0.05) is 24.3 Å². The lowest BCUT2D eigenvalue weighted by Gasteiger charge is -2.15. The third-order valence-corrected chi connectivity index (χ3v) is 3.03. The summed E-state index contributed by atoms with van der Waals surface area (Å²) in [6.07, 6.45) is 1.70. The summed E-state index contributed by atoms with van der Waals surface area (Å²) in [5.41, 5.74) is 2.30. The molecule has 1 aromatic carbocycles. The number of hydrogen-bond donors (Lipinski definition) is 1. The Morgan fingerprint density at radius 3 is 2.65 bits per heavy atom. The van der Waals surface area contributed by atoms with Crippen molar-refractivity contribution in [2.24, 2.45) is 0 Å². The zero-order chi connectivity index (χ0) is 12.1. The molecule has 0 aliphatic rings. The van der Waals surface area contributed by atoms with Crippen LogP contribution in [0.4, 0.5) is 0 Å². The van der Waals surface area contributed by atoms with Gasteiger partial charge in [-0.1, -0.05) is 48.0 Å². The Labute approximate surface area is 107 Å². The summed E-state index contributed by atoms with van der Waals surface area (Å²) in [5, 5.41) is 4.00. The molecule has 2 aromatic rings. The predicted octanol–water partition coefficient (Wildman–Crippen LogP) is 3.59. The second-order valence-corrected chi connectivity index (χ2v) is 4.33. The minimum atomic E-state index is 0.191. The normalized spacial score (nSPS) is 12.4. The van der Waals surface area contributed by atoms with Gasteiger partial charge in [0.25, 0.3) is 0 Å². The molecule has 88 valence electrons. The topological polar surface area (TPSA) is 24.9 Å². The summed E-state index contributed by atoms with van der Waals surface area (Å²) in [5.74, 6) is 0. The van der Waals surface area contributed by atoms with Crippen LogP contribution in [0.2, 0.25) is 5.15 Å². The molecule has 0 saturated carbocycles. The number of nitrogens with one attached hydrogen (secondary N) is 1. The van der Waals surface area contributed by atoms with E-state index in [9.17, 15) is 0 Å². The van der Waals surface area contributed by atoms with E-state index in [0.717, 1.165) is 12.1 Å². The Kier molecular flexibility index (Phi) is 4.13. The van der Waals surface area contributed by atoms with Crippen molar-refractivity contribution in [3.8, 4) is 0 Å². The second-order valence-electron chi connectivity index (χ2n) is 3.97. The fourth-order valence-corrected chi connectivity index (χ4v) is 1.98. The van der Waals surface area contributed by atoms with E-state index in [4.69, 9.17) is 11.6 Å². The van der Waals surface area contributed by atoms with Crippen LogP contribution >= 0.6 is 11.6 Å². The maximum Gasteiger partial charge on any atom is 0.133 e. The number of aromatic nitrogens is 1. The van der Waals surface area contributed by atoms with Crippen LogP contribution in [-0.2, 0) is 6.54 Å². The number of pyridine rings is 1. The van der Waals surface area contributed by atoms with Gasteiger partial charge in [-0.2, -0.15) is 0 Å². The van der Waals surface area contributed by atoms with Crippen LogP contribution in [0.3, 0.4) is 0 Å². The van der Waals surface area contributed by atoms with Crippen molar-refractivity contribution in [1.29, 1.82) is 0 Å². The quantitative estimate of drug-likeness (QED) is 0.834. The van der Waals surface area contributed by atoms with Crippen molar-refractivity contribution in [2.75, 3.05) is 0 Å². The Morgan fingerprint density at radius 1 is 1.18 bits per heavy atom. The first kappa shape index (κ1) is 12.1. The van der Waals surface area contributed by atoms with Gasteiger partial charge < -0.3 is 5.32 Å². The van der Waals surface area contributed by atoms with E-state index in [-0.39, 0.29) is 6.04 Å². The smallest absolute Gasteiger partial charge is 0.133 e. The van der Waals surface area contributed by atoms with Crippen LogP contribution in [0.1, 0.15) is 24.1 Å². The average Bonchev–Trinajstić information content (AvgIpc) is 2.38. The van der Waals surface area contributed by atoms with Crippen LogP contribution in [-0.4, -0.2) is 4.98 Å². The zero-order valence-electron chi connectivity index (χ0n) is 9.73. The molecule has 0 aliphatic carbocycles. The molecule has 2 nitrogen and oxygen atoms in total. The standard InChI is InChI=1S/C14H15ClN2/c1-11(13-8-5-9-16-14(13)15)17-10-12-6-3-2-4-7-12/h2-9,11,17H,10H2,1H3/t11-/m1/s1. The molecule has 0 bridgehead atoms. The maximum absolute atomic E-state index is 6.05. The van der Waals surface area contributed by atoms with Gasteiger partial charge >= 0.3 is 0 Å². The first-order valence-corrected chi connectivity index (χ1v) is 6.03. The number of nitrogens with zero attached hydrogens (tertiary/aromatic N) is 1. The van der Waals surface area contributed by atoms with E-state index in [1.165, 1.54) is 5.56 Å². The first-order chi connectivity index (χ1) is 8.27. The highest BCUT2D eigenvalue weighted by Gasteiger charge is 2.08. The summed E-state index contributed by atoms with van der Waals surface area (Å²) < 4.78 is 0. The largest absolute Gasteiger partial charge is 0.306 e. The zero-order valence-corrected chi connectivity index (χ0v) is 10.5. The van der Waals surface area contributed by atoms with E-state index in [1.54, 1.807) is 6.20 Å². The number of halogens is 1. The van der Waals surface area contributed by atoms with Crippen molar-refractivity contribution in [2.45, 2.75) is 19.5 Å². The molecular weight excluding hydrogens is 232 g/mol. The molecule has 1 atom stereocenters. The molecule has 1 heterocycles. The molecule has 0 saturated heterocycles. The number of hydrogen-bond acceptors (Lipinski definition) is 2. The highest BCUT2D eigenvalue weighted by atomic mass is 35.5. The van der Waals surface area contributed by atoms with Gasteiger partial charge in [0.2, 0.25) is 0 Å². The molecule has 2 rings (SSSR count). The van der Waals surface area contributed by atoms with E-state index in [1.807, 2.05) is 30.3 Å². The van der Waals surface area contributed by atoms with E-state index in [0.29, 0.717) is 5.15 Å². The predicted molar refractivity (Wildman–Crippen MR) is 70.9 cm³/mol. The van der Waals surface area contributed by atoms with Crippen molar-refractivity contribution in [3.05, 3.63) is 64.9 Å². The lowest BCUT2D eigenvalue weighted by Crippen LogP contribution is -2.18. The number of benzene rings is 1. The molecule has 17 heavy (non-hydrogen) atoms. The molecule has 0 unspecified atom stereocenters. The minimum absolute atomic E-state index is 0.191. The van der Waals surface area contributed by atoms with Gasteiger partial charge in [0.05, 0.1) is 0 Å². The van der Waals surface area contributed by atoms with Crippen LogP contribution in [0.5, 0.6) is 0 Å². The Balaban J connectivity index is 1.99. The molecular formula is C14H15ClN2. The van der Waals surface area contributed by atoms with Gasteiger partial charge in [0.1, 0.15) is 5.15 Å². The second kappa shape index (κ2) is 5.80. The summed E-state index contributed by atoms with van der Waals surface area (Å²) >= 11 is 6.05. The van der Waals surface area contributed by atoms with Crippen LogP contribution < -0.4 is 5.32 Å². The maximum atomic E-state index is 6.05. The van der Waals surface area contributed by atoms with Gasteiger partial charge in [-0.3, -0.25) is 0 Å². The minimum Gasteiger partial charge on any atom is -0.306 e. The summed E-state index contributed by atoms with van der Waals surface area (Å²) in [6, 6.07) is 14.4. The Hall–Kier alpha value is -1.38. The molecule has 0 aliphatic heterocycles. The third-order valence-electron chi connectivity index (χ3n) is 2.71. The summed E-state index contributed by atoms with van der Waals surface area (Å²) in [6.45, 7) is 2.92. The molecule has 3 heteroatoms. The highest BCUT2D eigenvalue weighted by Crippen LogP contribution is 2.20. The molecule has 1 aromatic heterocycles. The highest BCUT2D eigenvalue weighted by molar-refractivity contribution is 6.30. The molecule has 0 amide bonds. The van der Waals surface area contributed by atoms with Crippen LogP contribution in [0.25, 0.3) is 0 Å². The lowest BCUT2D eigenvalue weighted by molar-refractivity contribution is 0.573.